The summed E-state index contributed by atoms with van der Waals surface area (Å²) in [6.45, 7) is 14.3. The average Bonchev–Trinajstić information content (AvgIpc) is 0.913. The van der Waals surface area contributed by atoms with Gasteiger partial charge in [0.2, 0.25) is 0 Å². The molecule has 0 rings (SSSR count). The fourth-order valence-corrected chi connectivity index (χ4v) is 14.9. The zero-order valence-electron chi connectivity index (χ0n) is 69.4. The van der Waals surface area contributed by atoms with E-state index in [1.807, 2.05) is 0 Å². The molecule has 3 unspecified atom stereocenters. The molecule has 0 saturated carbocycles. The number of hydrogen-bond acceptors (Lipinski definition) is 15. The van der Waals surface area contributed by atoms with E-state index >= 15 is 0 Å². The van der Waals surface area contributed by atoms with Crippen LogP contribution in [0.25, 0.3) is 0 Å². The van der Waals surface area contributed by atoms with Crippen LogP contribution >= 0.6 is 15.6 Å². The zero-order chi connectivity index (χ0) is 77.4. The van der Waals surface area contributed by atoms with E-state index in [1.165, 1.54) is 244 Å². The minimum Gasteiger partial charge on any atom is -0.462 e. The van der Waals surface area contributed by atoms with Gasteiger partial charge >= 0.3 is 39.5 Å². The Morgan fingerprint density at radius 2 is 0.457 bits per heavy atom. The van der Waals surface area contributed by atoms with E-state index in [1.54, 1.807) is 0 Å². The molecule has 0 aromatic rings. The van der Waals surface area contributed by atoms with Gasteiger partial charge in [0.05, 0.1) is 26.4 Å². The Hall–Kier alpha value is -1.94. The smallest absolute Gasteiger partial charge is 0.462 e. The number of rotatable bonds is 83. The summed E-state index contributed by atoms with van der Waals surface area (Å²) in [6, 6.07) is 0. The maximum Gasteiger partial charge on any atom is 0.472 e. The van der Waals surface area contributed by atoms with Crippen molar-refractivity contribution in [1.29, 1.82) is 0 Å². The highest BCUT2D eigenvalue weighted by atomic mass is 31.2. The van der Waals surface area contributed by atoms with Crippen LogP contribution in [0.4, 0.5) is 0 Å². The van der Waals surface area contributed by atoms with Gasteiger partial charge in [-0.05, 0) is 49.4 Å². The molecule has 19 heteroatoms. The number of phosphoric ester groups is 2. The van der Waals surface area contributed by atoms with Crippen molar-refractivity contribution >= 4 is 39.5 Å². The fourth-order valence-electron chi connectivity index (χ4n) is 13.3. The molecule has 0 spiro atoms. The zero-order valence-corrected chi connectivity index (χ0v) is 71.2. The summed E-state index contributed by atoms with van der Waals surface area (Å²) in [5, 5.41) is 10.7. The number of carbonyl (C=O) groups is 4. The van der Waals surface area contributed by atoms with Gasteiger partial charge in [-0.3, -0.25) is 37.3 Å². The van der Waals surface area contributed by atoms with E-state index in [9.17, 15) is 43.2 Å². The van der Waals surface area contributed by atoms with Crippen LogP contribution in [0, 0.1) is 23.7 Å². The Morgan fingerprint density at radius 1 is 0.267 bits per heavy atom. The van der Waals surface area contributed by atoms with Crippen LogP contribution < -0.4 is 0 Å². The number of ether oxygens (including phenoxy) is 4. The topological polar surface area (TPSA) is 237 Å². The number of aliphatic hydroxyl groups excluding tert-OH is 1. The summed E-state index contributed by atoms with van der Waals surface area (Å²) < 4.78 is 68.9. The lowest BCUT2D eigenvalue weighted by atomic mass is 10.00. The lowest BCUT2D eigenvalue weighted by molar-refractivity contribution is -0.161. The van der Waals surface area contributed by atoms with Crippen molar-refractivity contribution in [2.75, 3.05) is 39.6 Å². The molecule has 0 aromatic carbocycles. The van der Waals surface area contributed by atoms with Crippen LogP contribution in [0.15, 0.2) is 0 Å². The third-order valence-electron chi connectivity index (χ3n) is 20.4. The summed E-state index contributed by atoms with van der Waals surface area (Å²) in [5.74, 6) is 1.04. The molecule has 17 nitrogen and oxygen atoms in total. The number of unbranched alkanes of at least 4 members (excludes halogenated alkanes) is 48. The van der Waals surface area contributed by atoms with Crippen molar-refractivity contribution in [1.82, 2.24) is 0 Å². The van der Waals surface area contributed by atoms with Gasteiger partial charge in [-0.25, -0.2) is 9.13 Å². The van der Waals surface area contributed by atoms with Gasteiger partial charge in [-0.1, -0.05) is 396 Å². The minimum atomic E-state index is -4.97. The molecule has 105 heavy (non-hydrogen) atoms. The van der Waals surface area contributed by atoms with Crippen molar-refractivity contribution in [3.8, 4) is 0 Å². The van der Waals surface area contributed by atoms with E-state index in [0.29, 0.717) is 25.7 Å². The summed E-state index contributed by atoms with van der Waals surface area (Å²) in [4.78, 5) is 73.2. The highest BCUT2D eigenvalue weighted by Gasteiger charge is 2.31. The van der Waals surface area contributed by atoms with E-state index in [0.717, 1.165) is 120 Å². The van der Waals surface area contributed by atoms with Crippen molar-refractivity contribution in [3.05, 3.63) is 0 Å². The van der Waals surface area contributed by atoms with Gasteiger partial charge in [-0.2, -0.15) is 0 Å². The molecule has 624 valence electrons. The summed E-state index contributed by atoms with van der Waals surface area (Å²) >= 11 is 0. The molecule has 3 N–H and O–H groups in total. The van der Waals surface area contributed by atoms with Gasteiger partial charge < -0.3 is 33.8 Å². The SMILES string of the molecule is CCC(C)CCCCCCCCC(=O)OC[C@H](COP(=O)(O)OC[C@H](O)COP(=O)(O)OC[C@@H](COC(=O)CCCCCCCCCCCCCCCCC(C)C)OC(=O)CCCCCCCCCCCCCCCCC(C)C)OC(=O)CCCCCCCCCCCCCCCCCCCCC(C)C. The summed E-state index contributed by atoms with van der Waals surface area (Å²) in [6.07, 6.45) is 63.9. The number of hydrogen-bond donors (Lipinski definition) is 3. The van der Waals surface area contributed by atoms with E-state index < -0.39 is 97.5 Å². The first-order valence-corrected chi connectivity index (χ1v) is 47.2. The second-order valence-corrected chi connectivity index (χ2v) is 35.5. The Balaban J connectivity index is 5.22. The standard InChI is InChI=1S/C86H168O17P2/c1-9-79(8)65-57-49-44-45-51-59-67-84(89)97-73-82(103-86(91)69-60-52-42-36-30-24-15-13-11-10-12-14-20-26-32-38-46-54-62-76(2)3)75-101-105(94,95)99-71-80(87)70-98-104(92,93)100-74-81(102-85(90)68-61-53-43-37-31-25-19-17-22-28-34-40-48-56-64-78(6)7)72-96-83(88)66-58-50-41-35-29-23-18-16-21-27-33-39-47-55-63-77(4)5/h76-82,87H,9-75H2,1-8H3,(H,92,93)(H,94,95)/t79?,80-,81-,82-/m1/s1. The monoisotopic (exact) mass is 1540 g/mol. The first kappa shape index (κ1) is 103. The first-order valence-electron chi connectivity index (χ1n) is 44.2. The number of carbonyl (C=O) groups excluding carboxylic acids is 4. The van der Waals surface area contributed by atoms with Crippen LogP contribution in [-0.2, 0) is 65.4 Å². The predicted molar refractivity (Wildman–Crippen MR) is 432 cm³/mol. The van der Waals surface area contributed by atoms with Crippen LogP contribution in [0.1, 0.15) is 447 Å². The van der Waals surface area contributed by atoms with Gasteiger partial charge in [0.15, 0.2) is 12.2 Å². The minimum absolute atomic E-state index is 0.107. The predicted octanol–water partition coefficient (Wildman–Crippen LogP) is 25.9. The van der Waals surface area contributed by atoms with Crippen LogP contribution in [0.2, 0.25) is 0 Å². The largest absolute Gasteiger partial charge is 0.472 e. The van der Waals surface area contributed by atoms with Gasteiger partial charge in [0.1, 0.15) is 19.3 Å². The molecule has 0 bridgehead atoms. The van der Waals surface area contributed by atoms with Crippen LogP contribution in [-0.4, -0.2) is 96.7 Å². The van der Waals surface area contributed by atoms with Crippen LogP contribution in [0.5, 0.6) is 0 Å². The molecule has 0 aliphatic heterocycles. The number of aliphatic hydroxyl groups is 1. The van der Waals surface area contributed by atoms with Gasteiger partial charge in [0, 0.05) is 25.7 Å². The number of phosphoric acid groups is 2. The molecule has 0 saturated heterocycles. The molecular formula is C86H168O17P2. The molecule has 0 aromatic heterocycles. The Labute approximate surface area is 645 Å². The van der Waals surface area contributed by atoms with E-state index in [-0.39, 0.29) is 25.7 Å². The molecule has 0 radical (unpaired) electrons. The van der Waals surface area contributed by atoms with Crippen LogP contribution in [0.3, 0.4) is 0 Å². The highest BCUT2D eigenvalue weighted by Crippen LogP contribution is 2.45. The van der Waals surface area contributed by atoms with Crippen molar-refractivity contribution in [3.63, 3.8) is 0 Å². The molecule has 0 heterocycles. The molecular weight excluding hydrogens is 1370 g/mol. The first-order chi connectivity index (χ1) is 50.6. The molecule has 0 aliphatic carbocycles. The molecule has 6 atom stereocenters. The van der Waals surface area contributed by atoms with Gasteiger partial charge in [0.25, 0.3) is 0 Å². The normalized spacial score (nSPS) is 14.2. The Bertz CT molecular complexity index is 2040. The average molecular weight is 1540 g/mol. The summed E-state index contributed by atoms with van der Waals surface area (Å²) in [5.41, 5.74) is 0. The molecule has 0 aliphatic rings. The highest BCUT2D eigenvalue weighted by molar-refractivity contribution is 7.47. The number of esters is 4. The molecule has 0 amide bonds. The second kappa shape index (κ2) is 74.8. The molecule has 0 fully saturated rings. The third-order valence-corrected chi connectivity index (χ3v) is 22.3. The Morgan fingerprint density at radius 3 is 0.676 bits per heavy atom. The van der Waals surface area contributed by atoms with E-state index in [4.69, 9.17) is 37.0 Å². The van der Waals surface area contributed by atoms with Gasteiger partial charge in [-0.15, -0.1) is 0 Å². The van der Waals surface area contributed by atoms with Crippen molar-refractivity contribution in [2.24, 2.45) is 23.7 Å². The lowest BCUT2D eigenvalue weighted by Gasteiger charge is -2.21. The third kappa shape index (κ3) is 78.5. The quantitative estimate of drug-likeness (QED) is 0.0222. The maximum atomic E-state index is 13.1. The van der Waals surface area contributed by atoms with Crippen molar-refractivity contribution < 1.29 is 80.2 Å². The van der Waals surface area contributed by atoms with E-state index in [2.05, 4.69) is 55.4 Å². The lowest BCUT2D eigenvalue weighted by Crippen LogP contribution is -2.30. The Kier molecular flexibility index (Phi) is 73.4. The maximum absolute atomic E-state index is 13.1. The fraction of sp³-hybridized carbons (Fsp3) is 0.953. The summed E-state index contributed by atoms with van der Waals surface area (Å²) in [7, 11) is -9.93. The second-order valence-electron chi connectivity index (χ2n) is 32.6. The van der Waals surface area contributed by atoms with Crippen molar-refractivity contribution in [2.45, 2.75) is 465 Å².